The van der Waals surface area contributed by atoms with E-state index in [0.717, 1.165) is 11.3 Å². The number of benzene rings is 2. The van der Waals surface area contributed by atoms with Gasteiger partial charge in [0.25, 0.3) is 5.91 Å². The fourth-order valence-corrected chi connectivity index (χ4v) is 5.06. The number of halogens is 2. The molecule has 2 aromatic heterocycles. The molecule has 1 N–H and O–H groups in total. The van der Waals surface area contributed by atoms with E-state index < -0.39 is 35.4 Å². The van der Waals surface area contributed by atoms with E-state index in [4.69, 9.17) is 14.5 Å². The number of esters is 1. The Morgan fingerprint density at radius 1 is 1.00 bits per heavy atom. The van der Waals surface area contributed by atoms with Gasteiger partial charge in [0.2, 0.25) is 0 Å². The van der Waals surface area contributed by atoms with Crippen LogP contribution in [0.2, 0.25) is 0 Å². The maximum atomic E-state index is 13.8. The second-order valence-electron chi connectivity index (χ2n) is 11.6. The molecule has 0 fully saturated rings. The first-order valence-electron chi connectivity index (χ1n) is 14.5. The first-order valence-corrected chi connectivity index (χ1v) is 15.9. The molecule has 0 radical (unpaired) electrons. The van der Waals surface area contributed by atoms with Crippen molar-refractivity contribution < 1.29 is 27.8 Å². The summed E-state index contributed by atoms with van der Waals surface area (Å²) in [6.07, 6.45) is 5.80. The van der Waals surface area contributed by atoms with Gasteiger partial charge in [0.05, 0.1) is 36.0 Å². The highest BCUT2D eigenvalue weighted by Crippen LogP contribution is 2.27. The van der Waals surface area contributed by atoms with Gasteiger partial charge in [0.1, 0.15) is 23.3 Å². The van der Waals surface area contributed by atoms with Crippen molar-refractivity contribution in [1.82, 2.24) is 19.9 Å². The molecule has 0 bridgehead atoms. The van der Waals surface area contributed by atoms with Crippen LogP contribution < -0.4 is 5.32 Å². The molecule has 2 atom stereocenters. The number of ether oxygens (including phenoxy) is 2. The number of nitrogens with one attached hydrogen (secondary N) is 1. The molecule has 4 rings (SSSR count). The number of nitrogens with zero attached hydrogens (tertiary/aromatic N) is 3. The number of thioether (sulfide) groups is 1. The van der Waals surface area contributed by atoms with Crippen LogP contribution in [0.5, 0.6) is 0 Å². The summed E-state index contributed by atoms with van der Waals surface area (Å²) in [5, 5.41) is 2.83. The SMILES string of the molecule is CSCC[C@H](NC(=O)c1ccc(COC(Cc2cncn2C)c2ccc(F)cc2)nc1-c1ccc(F)cc1)C(=O)OC(C)(C)C. The Morgan fingerprint density at radius 3 is 2.27 bits per heavy atom. The van der Waals surface area contributed by atoms with E-state index in [0.29, 0.717) is 35.5 Å². The van der Waals surface area contributed by atoms with Gasteiger partial charge in [-0.3, -0.25) is 4.79 Å². The summed E-state index contributed by atoms with van der Waals surface area (Å²) >= 11 is 1.56. The maximum absolute atomic E-state index is 13.8. The number of amides is 1. The summed E-state index contributed by atoms with van der Waals surface area (Å²) in [6.45, 7) is 5.39. The van der Waals surface area contributed by atoms with E-state index in [1.54, 1.807) is 81.5 Å². The van der Waals surface area contributed by atoms with Gasteiger partial charge in [-0.1, -0.05) is 12.1 Å². The Labute approximate surface area is 266 Å². The van der Waals surface area contributed by atoms with Crippen LogP contribution in [0.25, 0.3) is 11.3 Å². The third kappa shape index (κ3) is 9.70. The molecule has 238 valence electrons. The predicted molar refractivity (Wildman–Crippen MR) is 171 cm³/mol. The molecule has 0 saturated heterocycles. The molecule has 1 unspecified atom stereocenters. The number of aromatic nitrogens is 3. The van der Waals surface area contributed by atoms with Crippen molar-refractivity contribution >= 4 is 23.6 Å². The summed E-state index contributed by atoms with van der Waals surface area (Å²) in [5.41, 5.74) is 2.56. The third-order valence-corrected chi connectivity index (χ3v) is 7.55. The number of carbonyl (C=O) groups is 2. The molecular weight excluding hydrogens is 598 g/mol. The Hall–Kier alpha value is -4.09. The number of imidazole rings is 1. The van der Waals surface area contributed by atoms with Gasteiger partial charge in [-0.15, -0.1) is 0 Å². The van der Waals surface area contributed by atoms with Gasteiger partial charge in [-0.25, -0.2) is 23.5 Å². The van der Waals surface area contributed by atoms with Crippen LogP contribution in [0, 0.1) is 11.6 Å². The number of hydrogen-bond donors (Lipinski definition) is 1. The van der Waals surface area contributed by atoms with Crippen molar-refractivity contribution in [3.05, 3.63) is 107 Å². The van der Waals surface area contributed by atoms with Crippen molar-refractivity contribution in [2.75, 3.05) is 12.0 Å². The minimum Gasteiger partial charge on any atom is -0.458 e. The number of aryl methyl sites for hydroxylation is 1. The molecular formula is C34H38F2N4O4S. The zero-order valence-corrected chi connectivity index (χ0v) is 26.9. The fourth-order valence-electron chi connectivity index (χ4n) is 4.59. The third-order valence-electron chi connectivity index (χ3n) is 6.91. The average Bonchev–Trinajstić information content (AvgIpc) is 3.41. The maximum Gasteiger partial charge on any atom is 0.329 e. The molecule has 11 heteroatoms. The number of carbonyl (C=O) groups excluding carboxylic acids is 2. The Balaban J connectivity index is 1.62. The Bertz CT molecular complexity index is 1590. The average molecular weight is 637 g/mol. The summed E-state index contributed by atoms with van der Waals surface area (Å²) in [7, 11) is 1.89. The first kappa shape index (κ1) is 33.8. The van der Waals surface area contributed by atoms with Crippen molar-refractivity contribution in [3.63, 3.8) is 0 Å². The largest absolute Gasteiger partial charge is 0.458 e. The number of rotatable bonds is 13. The molecule has 0 aliphatic carbocycles. The van der Waals surface area contributed by atoms with Crippen molar-refractivity contribution in [2.45, 2.75) is 58.0 Å². The minimum atomic E-state index is -0.864. The summed E-state index contributed by atoms with van der Waals surface area (Å²) in [6, 6.07) is 14.2. The quantitative estimate of drug-likeness (QED) is 0.169. The molecule has 0 spiro atoms. The highest BCUT2D eigenvalue weighted by Gasteiger charge is 2.28. The summed E-state index contributed by atoms with van der Waals surface area (Å²) < 4.78 is 41.3. The lowest BCUT2D eigenvalue weighted by atomic mass is 10.0. The Morgan fingerprint density at radius 2 is 1.67 bits per heavy atom. The summed E-state index contributed by atoms with van der Waals surface area (Å²) in [4.78, 5) is 35.5. The van der Waals surface area contributed by atoms with E-state index in [1.807, 2.05) is 17.9 Å². The molecule has 2 aromatic carbocycles. The second-order valence-corrected chi connectivity index (χ2v) is 12.6. The van der Waals surface area contributed by atoms with Crippen LogP contribution in [0.3, 0.4) is 0 Å². The molecule has 4 aromatic rings. The van der Waals surface area contributed by atoms with Crippen LogP contribution in [-0.4, -0.2) is 50.1 Å². The Kier molecular flexibility index (Phi) is 11.5. The monoisotopic (exact) mass is 636 g/mol. The first-order chi connectivity index (χ1) is 21.4. The van der Waals surface area contributed by atoms with E-state index >= 15 is 0 Å². The molecule has 0 aliphatic rings. The zero-order chi connectivity index (χ0) is 32.6. The van der Waals surface area contributed by atoms with E-state index in [-0.39, 0.29) is 18.0 Å². The van der Waals surface area contributed by atoms with Gasteiger partial charge in [0.15, 0.2) is 0 Å². The lowest BCUT2D eigenvalue weighted by molar-refractivity contribution is -0.157. The van der Waals surface area contributed by atoms with Crippen molar-refractivity contribution in [3.8, 4) is 11.3 Å². The number of hydrogen-bond acceptors (Lipinski definition) is 7. The van der Waals surface area contributed by atoms with Crippen LogP contribution in [-0.2, 0) is 34.3 Å². The van der Waals surface area contributed by atoms with Crippen molar-refractivity contribution in [1.29, 1.82) is 0 Å². The van der Waals surface area contributed by atoms with Crippen LogP contribution in [0.4, 0.5) is 8.78 Å². The highest BCUT2D eigenvalue weighted by molar-refractivity contribution is 7.98. The van der Waals surface area contributed by atoms with Crippen molar-refractivity contribution in [2.24, 2.45) is 7.05 Å². The van der Waals surface area contributed by atoms with E-state index in [2.05, 4.69) is 10.3 Å². The van der Waals surface area contributed by atoms with Gasteiger partial charge < -0.3 is 19.4 Å². The smallest absolute Gasteiger partial charge is 0.329 e. The normalized spacial score (nSPS) is 12.9. The van der Waals surface area contributed by atoms with Crippen LogP contribution >= 0.6 is 11.8 Å². The molecule has 0 aliphatic heterocycles. The second kappa shape index (κ2) is 15.3. The molecule has 1 amide bonds. The van der Waals surface area contributed by atoms with E-state index in [9.17, 15) is 18.4 Å². The van der Waals surface area contributed by atoms with E-state index in [1.165, 1.54) is 24.3 Å². The molecule has 8 nitrogen and oxygen atoms in total. The lowest BCUT2D eigenvalue weighted by Gasteiger charge is -2.25. The number of pyridine rings is 1. The predicted octanol–water partition coefficient (Wildman–Crippen LogP) is 6.45. The van der Waals surface area contributed by atoms with Crippen LogP contribution in [0.1, 0.15) is 60.6 Å². The standard InChI is InChI=1S/C34H38F2N4O4S/c1-34(2,3)44-33(42)29(16-17-45-5)39-32(41)28-15-14-26(38-31(28)23-8-12-25(36)13-9-23)20-43-30(18-27-19-37-21-40(27)4)22-6-10-24(35)11-7-22/h6-15,19,21,29-30H,16-18,20H2,1-5H3,(H,39,41)/t29-,30?/m0/s1. The van der Waals surface area contributed by atoms with Gasteiger partial charge in [-0.05, 0) is 93.3 Å². The molecule has 0 saturated carbocycles. The highest BCUT2D eigenvalue weighted by atomic mass is 32.2. The lowest BCUT2D eigenvalue weighted by Crippen LogP contribution is -2.44. The van der Waals surface area contributed by atoms with Gasteiger partial charge in [-0.2, -0.15) is 11.8 Å². The molecule has 45 heavy (non-hydrogen) atoms. The van der Waals surface area contributed by atoms with Gasteiger partial charge in [0, 0.05) is 30.9 Å². The summed E-state index contributed by atoms with van der Waals surface area (Å²) in [5.74, 6) is -1.17. The zero-order valence-electron chi connectivity index (χ0n) is 26.1. The topological polar surface area (TPSA) is 95.3 Å². The fraction of sp³-hybridized carbons (Fsp3) is 0.353. The van der Waals surface area contributed by atoms with Crippen LogP contribution in [0.15, 0.2) is 73.2 Å². The van der Waals surface area contributed by atoms with Gasteiger partial charge >= 0.3 is 5.97 Å². The minimum absolute atomic E-state index is 0.0737. The molecule has 2 heterocycles.